The van der Waals surface area contributed by atoms with Crippen LogP contribution in [0.25, 0.3) is 0 Å². The van der Waals surface area contributed by atoms with Crippen LogP contribution in [0, 0.1) is 0 Å². The first-order valence-corrected chi connectivity index (χ1v) is 5.36. The van der Waals surface area contributed by atoms with Crippen LogP contribution in [-0.2, 0) is 5.54 Å². The molecule has 6 heteroatoms. The summed E-state index contributed by atoms with van der Waals surface area (Å²) in [6.45, 7) is 9.78. The molecule has 1 heterocycles. The van der Waals surface area contributed by atoms with Crippen molar-refractivity contribution in [3.8, 4) is 0 Å². The van der Waals surface area contributed by atoms with Gasteiger partial charge in [0.25, 0.3) is 11.7 Å². The third-order valence-electron chi connectivity index (χ3n) is 1.52. The minimum atomic E-state index is -0.724. The van der Waals surface area contributed by atoms with Gasteiger partial charge in [0.15, 0.2) is 0 Å². The van der Waals surface area contributed by atoms with E-state index < -0.39 is 5.54 Å². The van der Waals surface area contributed by atoms with Crippen molar-refractivity contribution < 1.29 is 9.32 Å². The Balaban J connectivity index is 0.00000106. The molecule has 3 N–H and O–H groups in total. The molecular weight excluding hydrogens is 208 g/mol. The minimum Gasteiger partial charge on any atom is -0.349 e. The van der Waals surface area contributed by atoms with Crippen molar-refractivity contribution in [2.75, 3.05) is 6.54 Å². The van der Waals surface area contributed by atoms with E-state index in [0.717, 1.165) is 0 Å². The highest BCUT2D eigenvalue weighted by Crippen LogP contribution is 2.13. The van der Waals surface area contributed by atoms with Crippen LogP contribution in [0.5, 0.6) is 0 Å². The van der Waals surface area contributed by atoms with Crippen LogP contribution in [0.3, 0.4) is 0 Å². The maximum Gasteiger partial charge on any atom is 0.292 e. The number of hydrogen-bond donors (Lipinski definition) is 2. The molecule has 1 aromatic rings. The van der Waals surface area contributed by atoms with Gasteiger partial charge in [-0.3, -0.25) is 4.79 Å². The summed E-state index contributed by atoms with van der Waals surface area (Å²) in [6, 6.07) is 0. The molecule has 1 amide bonds. The molecule has 0 bridgehead atoms. The fourth-order valence-electron chi connectivity index (χ4n) is 0.817. The van der Waals surface area contributed by atoms with Crippen LogP contribution >= 0.6 is 0 Å². The lowest BCUT2D eigenvalue weighted by Gasteiger charge is -2.10. The molecule has 0 radical (unpaired) electrons. The fraction of sp³-hybridized carbons (Fsp3) is 0.700. The minimum absolute atomic E-state index is 0.0142. The van der Waals surface area contributed by atoms with Gasteiger partial charge in [-0.2, -0.15) is 4.98 Å². The Kier molecular flexibility index (Phi) is 5.66. The first-order valence-electron chi connectivity index (χ1n) is 5.36. The molecule has 0 unspecified atom stereocenters. The topological polar surface area (TPSA) is 94.0 Å². The number of nitrogens with one attached hydrogen (secondary N) is 1. The largest absolute Gasteiger partial charge is 0.349 e. The summed E-state index contributed by atoms with van der Waals surface area (Å²) >= 11 is 0. The molecule has 0 aliphatic heterocycles. The SMILES string of the molecule is CC.CCNC(=O)c1noc(C(C)(C)N)n1. The van der Waals surface area contributed by atoms with Gasteiger partial charge in [0.05, 0.1) is 5.54 Å². The van der Waals surface area contributed by atoms with E-state index in [1.807, 2.05) is 20.8 Å². The molecule has 0 saturated heterocycles. The second kappa shape index (κ2) is 6.22. The van der Waals surface area contributed by atoms with Crippen molar-refractivity contribution in [1.82, 2.24) is 15.5 Å². The van der Waals surface area contributed by atoms with Gasteiger partial charge in [0, 0.05) is 6.54 Å². The summed E-state index contributed by atoms with van der Waals surface area (Å²) in [5, 5.41) is 6.08. The number of rotatable bonds is 3. The Morgan fingerprint density at radius 1 is 1.50 bits per heavy atom. The summed E-state index contributed by atoms with van der Waals surface area (Å²) in [5.41, 5.74) is 4.99. The number of aromatic nitrogens is 2. The Labute approximate surface area is 95.6 Å². The zero-order valence-electron chi connectivity index (χ0n) is 10.5. The molecule has 0 fully saturated rings. The summed E-state index contributed by atoms with van der Waals surface area (Å²) in [5.74, 6) is -0.0918. The van der Waals surface area contributed by atoms with Gasteiger partial charge in [0.1, 0.15) is 0 Å². The van der Waals surface area contributed by atoms with Crippen molar-refractivity contribution >= 4 is 5.91 Å². The highest BCUT2D eigenvalue weighted by Gasteiger charge is 2.24. The third kappa shape index (κ3) is 3.98. The molecule has 6 nitrogen and oxygen atoms in total. The van der Waals surface area contributed by atoms with E-state index in [9.17, 15) is 4.79 Å². The van der Waals surface area contributed by atoms with E-state index in [2.05, 4.69) is 15.5 Å². The van der Waals surface area contributed by atoms with Crippen LogP contribution in [-0.4, -0.2) is 22.6 Å². The number of hydrogen-bond acceptors (Lipinski definition) is 5. The number of nitrogens with zero attached hydrogens (tertiary/aromatic N) is 2. The second-order valence-corrected chi connectivity index (χ2v) is 3.50. The van der Waals surface area contributed by atoms with Gasteiger partial charge >= 0.3 is 0 Å². The van der Waals surface area contributed by atoms with Crippen LogP contribution in [0.4, 0.5) is 0 Å². The maximum atomic E-state index is 11.2. The first-order chi connectivity index (χ1) is 7.45. The summed E-state index contributed by atoms with van der Waals surface area (Å²) in [4.78, 5) is 15.1. The lowest BCUT2D eigenvalue weighted by atomic mass is 10.1. The van der Waals surface area contributed by atoms with E-state index in [1.165, 1.54) is 0 Å². The molecule has 0 aromatic carbocycles. The Bertz CT molecular complexity index is 328. The summed E-state index contributed by atoms with van der Waals surface area (Å²) < 4.78 is 4.85. The Morgan fingerprint density at radius 2 is 2.06 bits per heavy atom. The predicted octanol–water partition coefficient (Wildman–Crippen LogP) is 1.04. The highest BCUT2D eigenvalue weighted by atomic mass is 16.5. The predicted molar refractivity (Wildman–Crippen MR) is 60.9 cm³/mol. The normalized spacial score (nSPS) is 10.4. The van der Waals surface area contributed by atoms with Crippen LogP contribution in [0.15, 0.2) is 4.52 Å². The van der Waals surface area contributed by atoms with Gasteiger partial charge in [0.2, 0.25) is 5.89 Å². The standard InChI is InChI=1S/C8H14N4O2.C2H6/c1-4-10-6(13)5-11-7(14-12-5)8(2,3)9;1-2/h4,9H2,1-3H3,(H,10,13);1-2H3. The van der Waals surface area contributed by atoms with E-state index in [-0.39, 0.29) is 17.6 Å². The Hall–Kier alpha value is -1.43. The van der Waals surface area contributed by atoms with E-state index >= 15 is 0 Å². The van der Waals surface area contributed by atoms with Crippen LogP contribution < -0.4 is 11.1 Å². The third-order valence-corrected chi connectivity index (χ3v) is 1.52. The summed E-state index contributed by atoms with van der Waals surface area (Å²) in [7, 11) is 0. The second-order valence-electron chi connectivity index (χ2n) is 3.50. The molecule has 16 heavy (non-hydrogen) atoms. The molecule has 0 spiro atoms. The highest BCUT2D eigenvalue weighted by molar-refractivity contribution is 5.90. The van der Waals surface area contributed by atoms with Crippen molar-refractivity contribution in [3.05, 3.63) is 11.7 Å². The maximum absolute atomic E-state index is 11.2. The van der Waals surface area contributed by atoms with Gasteiger partial charge < -0.3 is 15.6 Å². The fourth-order valence-corrected chi connectivity index (χ4v) is 0.817. The van der Waals surface area contributed by atoms with Gasteiger partial charge in [-0.25, -0.2) is 0 Å². The number of amides is 1. The number of carbonyl (C=O) groups is 1. The van der Waals surface area contributed by atoms with Crippen molar-refractivity contribution in [3.63, 3.8) is 0 Å². The Morgan fingerprint density at radius 3 is 2.44 bits per heavy atom. The summed E-state index contributed by atoms with van der Waals surface area (Å²) in [6.07, 6.45) is 0. The monoisotopic (exact) mass is 228 g/mol. The van der Waals surface area contributed by atoms with Gasteiger partial charge in [-0.05, 0) is 20.8 Å². The van der Waals surface area contributed by atoms with Gasteiger partial charge in [-0.15, -0.1) is 0 Å². The molecule has 1 aromatic heterocycles. The van der Waals surface area contributed by atoms with Crippen molar-refractivity contribution in [1.29, 1.82) is 0 Å². The lowest BCUT2D eigenvalue weighted by molar-refractivity contribution is 0.0942. The van der Waals surface area contributed by atoms with Crippen LogP contribution in [0.2, 0.25) is 0 Å². The first kappa shape index (κ1) is 14.6. The molecule has 0 aliphatic rings. The lowest BCUT2D eigenvalue weighted by Crippen LogP contribution is -2.29. The van der Waals surface area contributed by atoms with Crippen molar-refractivity contribution in [2.45, 2.75) is 40.2 Å². The zero-order chi connectivity index (χ0) is 12.8. The molecule has 0 aliphatic carbocycles. The number of carbonyl (C=O) groups excluding carboxylic acids is 1. The molecule has 0 saturated carbocycles. The van der Waals surface area contributed by atoms with Gasteiger partial charge in [-0.1, -0.05) is 19.0 Å². The van der Waals surface area contributed by atoms with E-state index in [0.29, 0.717) is 6.54 Å². The average molecular weight is 228 g/mol. The molecular formula is C10H20N4O2. The molecule has 1 rings (SSSR count). The average Bonchev–Trinajstić information content (AvgIpc) is 2.69. The zero-order valence-corrected chi connectivity index (χ0v) is 10.5. The van der Waals surface area contributed by atoms with E-state index in [1.54, 1.807) is 13.8 Å². The quantitative estimate of drug-likeness (QED) is 0.806. The van der Waals surface area contributed by atoms with Crippen LogP contribution in [0.1, 0.15) is 51.1 Å². The molecule has 0 atom stereocenters. The molecule has 92 valence electrons. The number of nitrogens with two attached hydrogens (primary N) is 1. The smallest absolute Gasteiger partial charge is 0.292 e. The van der Waals surface area contributed by atoms with Crippen molar-refractivity contribution in [2.24, 2.45) is 5.73 Å². The van der Waals surface area contributed by atoms with E-state index in [4.69, 9.17) is 10.3 Å².